The number of hydrogen-bond donors (Lipinski definition) is 1. The van der Waals surface area contributed by atoms with E-state index in [0.717, 1.165) is 34.2 Å². The highest BCUT2D eigenvalue weighted by Gasteiger charge is 2.14. The van der Waals surface area contributed by atoms with Crippen LogP contribution >= 0.6 is 0 Å². The maximum atomic E-state index is 12.5. The first-order valence-electron chi connectivity index (χ1n) is 9.50. The second kappa shape index (κ2) is 7.72. The molecule has 0 aliphatic carbocycles. The molecule has 1 atom stereocenters. The summed E-state index contributed by atoms with van der Waals surface area (Å²) in [5.74, 6) is -0.0199. The van der Waals surface area contributed by atoms with Crippen molar-refractivity contribution >= 4 is 16.9 Å². The van der Waals surface area contributed by atoms with Crippen molar-refractivity contribution in [1.82, 2.24) is 14.9 Å². The molecule has 1 N–H and O–H groups in total. The summed E-state index contributed by atoms with van der Waals surface area (Å²) in [4.78, 5) is 16.6. The van der Waals surface area contributed by atoms with Crippen molar-refractivity contribution in [3.05, 3.63) is 84.1 Å². The fraction of sp³-hybridized carbons (Fsp3) is 0.217. The van der Waals surface area contributed by atoms with Gasteiger partial charge in [0.05, 0.1) is 25.1 Å². The van der Waals surface area contributed by atoms with E-state index in [1.54, 1.807) is 18.8 Å². The average molecular weight is 373 g/mol. The Bertz CT molecular complexity index is 1080. The highest BCUT2D eigenvalue weighted by molar-refractivity contribution is 5.88. The van der Waals surface area contributed by atoms with E-state index in [1.165, 1.54) is 5.56 Å². The van der Waals surface area contributed by atoms with Crippen LogP contribution in [0.1, 0.15) is 36.6 Å². The van der Waals surface area contributed by atoms with E-state index in [1.807, 2.05) is 54.1 Å². The molecule has 0 aliphatic heterocycles. The molecule has 0 aliphatic rings. The van der Waals surface area contributed by atoms with Gasteiger partial charge in [-0.15, -0.1) is 0 Å². The van der Waals surface area contributed by atoms with Crippen LogP contribution in [-0.4, -0.2) is 15.5 Å². The summed E-state index contributed by atoms with van der Waals surface area (Å²) < 4.78 is 7.59. The summed E-state index contributed by atoms with van der Waals surface area (Å²) in [6.07, 6.45) is 8.37. The zero-order valence-corrected chi connectivity index (χ0v) is 16.1. The number of fused-ring (bicyclic) bond motifs is 1. The Morgan fingerprint density at radius 3 is 2.75 bits per heavy atom. The number of nitrogens with zero attached hydrogens (tertiary/aromatic N) is 2. The molecular formula is C23H23N3O2. The number of imidazole rings is 1. The fourth-order valence-corrected chi connectivity index (χ4v) is 3.38. The van der Waals surface area contributed by atoms with E-state index in [2.05, 4.69) is 23.3 Å². The lowest BCUT2D eigenvalue weighted by atomic mass is 10.1. The Morgan fingerprint density at radius 1 is 1.21 bits per heavy atom. The molecule has 0 fully saturated rings. The molecule has 0 radical (unpaired) electrons. The number of nitrogens with one attached hydrogen (secondary N) is 1. The van der Waals surface area contributed by atoms with E-state index in [-0.39, 0.29) is 11.9 Å². The second-order valence-electron chi connectivity index (χ2n) is 6.97. The highest BCUT2D eigenvalue weighted by Crippen LogP contribution is 2.23. The summed E-state index contributed by atoms with van der Waals surface area (Å²) >= 11 is 0. The smallest absolute Gasteiger partial charge is 0.225 e. The Kier molecular flexibility index (Phi) is 4.98. The van der Waals surface area contributed by atoms with E-state index < -0.39 is 0 Å². The van der Waals surface area contributed by atoms with Crippen molar-refractivity contribution in [2.75, 3.05) is 0 Å². The van der Waals surface area contributed by atoms with Crippen LogP contribution in [0.15, 0.2) is 71.9 Å². The summed E-state index contributed by atoms with van der Waals surface area (Å²) in [7, 11) is 0. The number of hydrogen-bond acceptors (Lipinski definition) is 3. The van der Waals surface area contributed by atoms with Crippen LogP contribution in [0.3, 0.4) is 0 Å². The molecule has 1 unspecified atom stereocenters. The Balaban J connectivity index is 1.42. The number of benzene rings is 2. The van der Waals surface area contributed by atoms with Crippen molar-refractivity contribution in [1.29, 1.82) is 0 Å². The van der Waals surface area contributed by atoms with Crippen LogP contribution in [0.5, 0.6) is 0 Å². The number of aryl methyl sites for hydroxylation is 1. The standard InChI is InChI=1S/C23H23N3O2/c1-3-17-4-9-21-19(14-28-22(21)12-17)13-23(27)25-16(2)18-5-7-20(8-6-18)26-11-10-24-15-26/h4-12,14-16H,3,13H2,1-2H3,(H,25,27). The van der Waals surface area contributed by atoms with Crippen LogP contribution in [0.4, 0.5) is 0 Å². The van der Waals surface area contributed by atoms with Gasteiger partial charge in [0, 0.05) is 29.0 Å². The monoisotopic (exact) mass is 373 g/mol. The number of furan rings is 1. The normalized spacial score (nSPS) is 12.2. The topological polar surface area (TPSA) is 60.1 Å². The minimum absolute atomic E-state index is 0.0199. The van der Waals surface area contributed by atoms with E-state index >= 15 is 0 Å². The first-order valence-corrected chi connectivity index (χ1v) is 9.50. The summed E-state index contributed by atoms with van der Waals surface area (Å²) in [5.41, 5.74) is 5.08. The summed E-state index contributed by atoms with van der Waals surface area (Å²) in [6, 6.07) is 14.2. The molecule has 28 heavy (non-hydrogen) atoms. The fourth-order valence-electron chi connectivity index (χ4n) is 3.38. The number of carbonyl (C=O) groups is 1. The van der Waals surface area contributed by atoms with Gasteiger partial charge < -0.3 is 14.3 Å². The Hall–Kier alpha value is -3.34. The van der Waals surface area contributed by atoms with Crippen molar-refractivity contribution in [3.63, 3.8) is 0 Å². The third-order valence-electron chi connectivity index (χ3n) is 5.05. The first-order chi connectivity index (χ1) is 13.6. The van der Waals surface area contributed by atoms with Crippen LogP contribution in [0.2, 0.25) is 0 Å². The Morgan fingerprint density at radius 2 is 2.04 bits per heavy atom. The molecule has 0 bridgehead atoms. The quantitative estimate of drug-likeness (QED) is 0.537. The number of amides is 1. The van der Waals surface area contributed by atoms with Crippen LogP contribution in [-0.2, 0) is 17.6 Å². The van der Waals surface area contributed by atoms with Gasteiger partial charge in [-0.3, -0.25) is 4.79 Å². The van der Waals surface area contributed by atoms with Gasteiger partial charge in [0.15, 0.2) is 0 Å². The van der Waals surface area contributed by atoms with Gasteiger partial charge in [-0.25, -0.2) is 4.98 Å². The Labute approximate surface area is 164 Å². The van der Waals surface area contributed by atoms with E-state index in [9.17, 15) is 4.79 Å². The maximum Gasteiger partial charge on any atom is 0.225 e. The maximum absolute atomic E-state index is 12.5. The summed E-state index contributed by atoms with van der Waals surface area (Å²) in [5, 5.41) is 4.08. The lowest BCUT2D eigenvalue weighted by Gasteiger charge is -2.15. The number of rotatable bonds is 6. The molecule has 4 aromatic rings. The van der Waals surface area contributed by atoms with Crippen LogP contribution in [0, 0.1) is 0 Å². The minimum Gasteiger partial charge on any atom is -0.464 e. The molecule has 0 saturated carbocycles. The molecule has 142 valence electrons. The number of carbonyl (C=O) groups excluding carboxylic acids is 1. The zero-order valence-electron chi connectivity index (χ0n) is 16.1. The summed E-state index contributed by atoms with van der Waals surface area (Å²) in [6.45, 7) is 4.10. The molecule has 5 nitrogen and oxygen atoms in total. The van der Waals surface area contributed by atoms with Crippen molar-refractivity contribution in [3.8, 4) is 5.69 Å². The van der Waals surface area contributed by atoms with E-state index in [4.69, 9.17) is 4.42 Å². The van der Waals surface area contributed by atoms with E-state index in [0.29, 0.717) is 6.42 Å². The predicted molar refractivity (Wildman–Crippen MR) is 109 cm³/mol. The molecule has 2 heterocycles. The minimum atomic E-state index is -0.0748. The highest BCUT2D eigenvalue weighted by atomic mass is 16.3. The molecule has 0 saturated heterocycles. The largest absolute Gasteiger partial charge is 0.464 e. The third kappa shape index (κ3) is 3.69. The predicted octanol–water partition coefficient (Wildman–Crippen LogP) is 4.60. The lowest BCUT2D eigenvalue weighted by molar-refractivity contribution is -0.121. The van der Waals surface area contributed by atoms with Crippen molar-refractivity contribution < 1.29 is 9.21 Å². The zero-order chi connectivity index (χ0) is 19.5. The SMILES string of the molecule is CCc1ccc2c(CC(=O)NC(C)c3ccc(-n4ccnc4)cc3)coc2c1. The van der Waals surface area contributed by atoms with Crippen molar-refractivity contribution in [2.24, 2.45) is 0 Å². The number of aromatic nitrogens is 2. The molecule has 2 aromatic heterocycles. The van der Waals surface area contributed by atoms with Gasteiger partial charge in [-0.1, -0.05) is 31.2 Å². The molecule has 1 amide bonds. The molecule has 5 heteroatoms. The van der Waals surface area contributed by atoms with Gasteiger partial charge in [-0.05, 0) is 42.7 Å². The van der Waals surface area contributed by atoms with Gasteiger partial charge in [0.25, 0.3) is 0 Å². The third-order valence-corrected chi connectivity index (χ3v) is 5.05. The van der Waals surface area contributed by atoms with Crippen LogP contribution < -0.4 is 5.32 Å². The lowest BCUT2D eigenvalue weighted by Crippen LogP contribution is -2.28. The van der Waals surface area contributed by atoms with Crippen molar-refractivity contribution in [2.45, 2.75) is 32.7 Å². The average Bonchev–Trinajstić information content (AvgIpc) is 3.38. The second-order valence-corrected chi connectivity index (χ2v) is 6.97. The molecule has 0 spiro atoms. The van der Waals surface area contributed by atoms with Gasteiger partial charge >= 0.3 is 0 Å². The van der Waals surface area contributed by atoms with Crippen LogP contribution in [0.25, 0.3) is 16.7 Å². The van der Waals surface area contributed by atoms with Gasteiger partial charge in [0.1, 0.15) is 5.58 Å². The molecular weight excluding hydrogens is 350 g/mol. The first kappa shape index (κ1) is 18.0. The van der Waals surface area contributed by atoms with Gasteiger partial charge in [0.2, 0.25) is 5.91 Å². The van der Waals surface area contributed by atoms with Gasteiger partial charge in [-0.2, -0.15) is 0 Å². The molecule has 4 rings (SSSR count). The molecule has 2 aromatic carbocycles.